The van der Waals surface area contributed by atoms with Gasteiger partial charge in [-0.25, -0.2) is 0 Å². The molecule has 1 aromatic rings. The van der Waals surface area contributed by atoms with E-state index in [1.165, 1.54) is 5.56 Å². The van der Waals surface area contributed by atoms with Crippen molar-refractivity contribution in [1.82, 2.24) is 10.2 Å². The van der Waals surface area contributed by atoms with Crippen LogP contribution in [0.5, 0.6) is 0 Å². The van der Waals surface area contributed by atoms with Crippen molar-refractivity contribution < 1.29 is 4.79 Å². The van der Waals surface area contributed by atoms with E-state index in [2.05, 4.69) is 29.3 Å². The first kappa shape index (κ1) is 14.7. The summed E-state index contributed by atoms with van der Waals surface area (Å²) < 4.78 is 0. The Hall–Kier alpha value is -1.35. The van der Waals surface area contributed by atoms with Crippen LogP contribution in [0.4, 0.5) is 0 Å². The lowest BCUT2D eigenvalue weighted by atomic mass is 9.97. The summed E-state index contributed by atoms with van der Waals surface area (Å²) in [6, 6.07) is 10.2. The van der Waals surface area contributed by atoms with Gasteiger partial charge in [0, 0.05) is 13.0 Å². The molecular formula is C15H24N2O. The molecule has 1 aromatic carbocycles. The van der Waals surface area contributed by atoms with E-state index in [1.807, 2.05) is 32.3 Å². The largest absolute Gasteiger partial charge is 0.356 e. The minimum atomic E-state index is 0.144. The van der Waals surface area contributed by atoms with Crippen molar-refractivity contribution in [3.05, 3.63) is 35.9 Å². The summed E-state index contributed by atoms with van der Waals surface area (Å²) in [4.78, 5) is 13.9. The van der Waals surface area contributed by atoms with E-state index in [9.17, 15) is 4.79 Å². The van der Waals surface area contributed by atoms with E-state index < -0.39 is 0 Å². The fourth-order valence-corrected chi connectivity index (χ4v) is 1.87. The molecular weight excluding hydrogens is 224 g/mol. The Morgan fingerprint density at radius 2 is 1.94 bits per heavy atom. The highest BCUT2D eigenvalue weighted by Crippen LogP contribution is 2.17. The lowest BCUT2D eigenvalue weighted by Crippen LogP contribution is -2.27. The minimum absolute atomic E-state index is 0.144. The Balaban J connectivity index is 2.24. The molecule has 0 aliphatic carbocycles. The fraction of sp³-hybridized carbons (Fsp3) is 0.533. The number of carbonyl (C=O) groups excluding carboxylic acids is 1. The van der Waals surface area contributed by atoms with Crippen LogP contribution in [-0.2, 0) is 4.79 Å². The molecule has 18 heavy (non-hydrogen) atoms. The van der Waals surface area contributed by atoms with Gasteiger partial charge < -0.3 is 10.2 Å². The monoisotopic (exact) mass is 248 g/mol. The van der Waals surface area contributed by atoms with Gasteiger partial charge in [-0.1, -0.05) is 37.3 Å². The molecule has 1 amide bonds. The minimum Gasteiger partial charge on any atom is -0.356 e. The van der Waals surface area contributed by atoms with Crippen LogP contribution < -0.4 is 5.32 Å². The Morgan fingerprint density at radius 1 is 1.28 bits per heavy atom. The van der Waals surface area contributed by atoms with E-state index in [4.69, 9.17) is 0 Å². The molecule has 0 fully saturated rings. The molecule has 1 rings (SSSR count). The van der Waals surface area contributed by atoms with Crippen LogP contribution in [0.2, 0.25) is 0 Å². The second-order valence-corrected chi connectivity index (χ2v) is 5.02. The third kappa shape index (κ3) is 5.82. The normalized spacial score (nSPS) is 12.4. The first-order valence-corrected chi connectivity index (χ1v) is 6.56. The zero-order valence-corrected chi connectivity index (χ0v) is 11.6. The molecule has 0 aliphatic heterocycles. The van der Waals surface area contributed by atoms with Crippen molar-refractivity contribution >= 4 is 5.91 Å². The van der Waals surface area contributed by atoms with Crippen LogP contribution >= 0.6 is 0 Å². The number of carbonyl (C=O) groups is 1. The topological polar surface area (TPSA) is 32.3 Å². The maximum Gasteiger partial charge on any atom is 0.220 e. The highest BCUT2D eigenvalue weighted by atomic mass is 16.1. The fourth-order valence-electron chi connectivity index (χ4n) is 1.87. The first-order valence-electron chi connectivity index (χ1n) is 6.56. The molecule has 0 heterocycles. The highest BCUT2D eigenvalue weighted by Gasteiger charge is 2.10. The number of amides is 1. The molecule has 1 N–H and O–H groups in total. The highest BCUT2D eigenvalue weighted by molar-refractivity contribution is 5.76. The number of hydrogen-bond donors (Lipinski definition) is 1. The third-order valence-electron chi connectivity index (χ3n) is 2.96. The predicted octanol–water partition coefficient (Wildman–Crippen LogP) is 2.25. The second-order valence-electron chi connectivity index (χ2n) is 5.02. The quantitative estimate of drug-likeness (QED) is 0.751. The van der Waals surface area contributed by atoms with Crippen LogP contribution in [0.15, 0.2) is 30.3 Å². The summed E-state index contributed by atoms with van der Waals surface area (Å²) in [6.45, 7) is 3.86. The Morgan fingerprint density at radius 3 is 2.56 bits per heavy atom. The first-order chi connectivity index (χ1) is 8.59. The summed E-state index contributed by atoms with van der Waals surface area (Å²) in [5.41, 5.74) is 1.22. The molecule has 100 valence electrons. The number of nitrogens with zero attached hydrogens (tertiary/aromatic N) is 1. The summed E-state index contributed by atoms with van der Waals surface area (Å²) >= 11 is 0. The van der Waals surface area contributed by atoms with Crippen molar-refractivity contribution in [2.24, 2.45) is 0 Å². The number of nitrogens with one attached hydrogen (secondary N) is 1. The van der Waals surface area contributed by atoms with Crippen LogP contribution in [-0.4, -0.2) is 38.0 Å². The summed E-state index contributed by atoms with van der Waals surface area (Å²) in [7, 11) is 4.08. The molecule has 0 bridgehead atoms. The van der Waals surface area contributed by atoms with Crippen molar-refractivity contribution in [2.45, 2.75) is 25.7 Å². The van der Waals surface area contributed by atoms with Gasteiger partial charge in [0.2, 0.25) is 5.91 Å². The van der Waals surface area contributed by atoms with Gasteiger partial charge in [0.05, 0.1) is 0 Å². The third-order valence-corrected chi connectivity index (χ3v) is 2.96. The Kier molecular flexibility index (Phi) is 6.44. The van der Waals surface area contributed by atoms with E-state index in [0.29, 0.717) is 6.42 Å². The maximum absolute atomic E-state index is 11.7. The van der Waals surface area contributed by atoms with Gasteiger partial charge in [-0.2, -0.15) is 0 Å². The number of hydrogen-bond acceptors (Lipinski definition) is 2. The Labute approximate surface area is 110 Å². The van der Waals surface area contributed by atoms with Gasteiger partial charge in [-0.3, -0.25) is 4.79 Å². The standard InChI is InChI=1S/C15H24N2O/c1-13(14-8-5-4-6-9-14)12-15(18)16-10-7-11-17(2)3/h4-6,8-9,13H,7,10-12H2,1-3H3,(H,16,18). The smallest absolute Gasteiger partial charge is 0.220 e. The summed E-state index contributed by atoms with van der Waals surface area (Å²) in [5.74, 6) is 0.421. The molecule has 1 atom stereocenters. The van der Waals surface area contributed by atoms with Gasteiger partial charge in [-0.15, -0.1) is 0 Å². The van der Waals surface area contributed by atoms with Gasteiger partial charge in [0.15, 0.2) is 0 Å². The average molecular weight is 248 g/mol. The second kappa shape index (κ2) is 7.88. The van der Waals surface area contributed by atoms with Crippen molar-refractivity contribution in [1.29, 1.82) is 0 Å². The molecule has 0 spiro atoms. The van der Waals surface area contributed by atoms with E-state index in [0.717, 1.165) is 19.5 Å². The van der Waals surface area contributed by atoms with E-state index in [-0.39, 0.29) is 11.8 Å². The van der Waals surface area contributed by atoms with Crippen molar-refractivity contribution in [2.75, 3.05) is 27.2 Å². The molecule has 3 heteroatoms. The zero-order valence-electron chi connectivity index (χ0n) is 11.6. The SMILES string of the molecule is CC(CC(=O)NCCCN(C)C)c1ccccc1. The number of rotatable bonds is 7. The maximum atomic E-state index is 11.7. The van der Waals surface area contributed by atoms with Crippen LogP contribution in [0.3, 0.4) is 0 Å². The lowest BCUT2D eigenvalue weighted by molar-refractivity contribution is -0.121. The van der Waals surface area contributed by atoms with Crippen LogP contribution in [0.1, 0.15) is 31.2 Å². The molecule has 0 aromatic heterocycles. The predicted molar refractivity (Wildman–Crippen MR) is 75.7 cm³/mol. The van der Waals surface area contributed by atoms with Gasteiger partial charge in [0.1, 0.15) is 0 Å². The molecule has 1 unspecified atom stereocenters. The van der Waals surface area contributed by atoms with Crippen LogP contribution in [0, 0.1) is 0 Å². The summed E-state index contributed by atoms with van der Waals surface area (Å²) in [5, 5.41) is 2.97. The molecule has 0 saturated carbocycles. The van der Waals surface area contributed by atoms with E-state index in [1.54, 1.807) is 0 Å². The van der Waals surface area contributed by atoms with Gasteiger partial charge >= 0.3 is 0 Å². The van der Waals surface area contributed by atoms with Crippen molar-refractivity contribution in [3.63, 3.8) is 0 Å². The van der Waals surface area contributed by atoms with E-state index >= 15 is 0 Å². The lowest BCUT2D eigenvalue weighted by Gasteiger charge is -2.13. The van der Waals surface area contributed by atoms with Gasteiger partial charge in [-0.05, 0) is 38.5 Å². The Bertz CT molecular complexity index is 349. The van der Waals surface area contributed by atoms with Crippen LogP contribution in [0.25, 0.3) is 0 Å². The summed E-state index contributed by atoms with van der Waals surface area (Å²) in [6.07, 6.45) is 1.56. The molecule has 0 aliphatic rings. The van der Waals surface area contributed by atoms with Gasteiger partial charge in [0.25, 0.3) is 0 Å². The van der Waals surface area contributed by atoms with Crippen molar-refractivity contribution in [3.8, 4) is 0 Å². The molecule has 3 nitrogen and oxygen atoms in total. The average Bonchev–Trinajstić information content (AvgIpc) is 2.35. The zero-order chi connectivity index (χ0) is 13.4. The molecule has 0 radical (unpaired) electrons. The molecule has 0 saturated heterocycles. The number of benzene rings is 1.